The van der Waals surface area contributed by atoms with Crippen LogP contribution in [-0.2, 0) is 6.42 Å². The Morgan fingerprint density at radius 1 is 1.26 bits per heavy atom. The first-order chi connectivity index (χ1) is 9.33. The molecule has 98 valence electrons. The van der Waals surface area contributed by atoms with E-state index in [9.17, 15) is 4.79 Å². The predicted molar refractivity (Wildman–Crippen MR) is 70.0 cm³/mol. The Bertz CT molecular complexity index is 562. The van der Waals surface area contributed by atoms with Gasteiger partial charge in [-0.15, -0.1) is 0 Å². The monoisotopic (exact) mass is 257 g/mol. The molecule has 0 saturated heterocycles. The minimum atomic E-state index is -0.426. The van der Waals surface area contributed by atoms with Crippen molar-refractivity contribution in [3.05, 3.63) is 54.0 Å². The molecule has 1 amide bonds. The number of carbonyl (C=O) groups is 1. The maximum absolute atomic E-state index is 11.8. The van der Waals surface area contributed by atoms with Crippen molar-refractivity contribution in [3.8, 4) is 5.75 Å². The molecule has 0 radical (unpaired) electrons. The Hall–Kier alpha value is -2.23. The number of amides is 1. The quantitative estimate of drug-likeness (QED) is 0.896. The highest BCUT2D eigenvalue weighted by Gasteiger charge is 2.24. The maximum atomic E-state index is 11.8. The first-order valence-electron chi connectivity index (χ1n) is 6.42. The van der Waals surface area contributed by atoms with Crippen LogP contribution in [0.3, 0.4) is 0 Å². The Morgan fingerprint density at radius 2 is 2.11 bits per heavy atom. The lowest BCUT2D eigenvalue weighted by molar-refractivity contribution is 0.194. The normalized spacial score (nSPS) is 17.6. The molecular formula is C15H15NO3. The summed E-state index contributed by atoms with van der Waals surface area (Å²) in [5.74, 6) is 1.51. The van der Waals surface area contributed by atoms with Gasteiger partial charge < -0.3 is 14.5 Å². The molecule has 19 heavy (non-hydrogen) atoms. The zero-order valence-electron chi connectivity index (χ0n) is 10.5. The van der Waals surface area contributed by atoms with Gasteiger partial charge in [0.25, 0.3) is 0 Å². The highest BCUT2D eigenvalue weighted by molar-refractivity contribution is 5.71. The van der Waals surface area contributed by atoms with Gasteiger partial charge in [0.1, 0.15) is 11.5 Å². The van der Waals surface area contributed by atoms with Gasteiger partial charge in [-0.25, -0.2) is 4.79 Å². The van der Waals surface area contributed by atoms with Crippen LogP contribution in [0.4, 0.5) is 4.79 Å². The molecule has 1 N–H and O–H groups in total. The number of hydrogen-bond acceptors (Lipinski definition) is 3. The molecule has 1 aliphatic carbocycles. The average Bonchev–Trinajstić information content (AvgIpc) is 2.89. The fourth-order valence-electron chi connectivity index (χ4n) is 2.40. The summed E-state index contributed by atoms with van der Waals surface area (Å²) in [4.78, 5) is 11.8. The molecule has 1 aromatic carbocycles. The van der Waals surface area contributed by atoms with Crippen LogP contribution >= 0.6 is 0 Å². The van der Waals surface area contributed by atoms with Gasteiger partial charge in [0.2, 0.25) is 0 Å². The summed E-state index contributed by atoms with van der Waals surface area (Å²) in [5.41, 5.74) is 1.07. The van der Waals surface area contributed by atoms with E-state index >= 15 is 0 Å². The fraction of sp³-hybridized carbons (Fsp3) is 0.267. The number of fused-ring (bicyclic) bond motifs is 1. The van der Waals surface area contributed by atoms with Crippen LogP contribution < -0.4 is 10.1 Å². The third kappa shape index (κ3) is 2.62. The average molecular weight is 257 g/mol. The molecule has 4 heteroatoms. The van der Waals surface area contributed by atoms with Crippen LogP contribution in [0, 0.1) is 0 Å². The molecule has 1 heterocycles. The van der Waals surface area contributed by atoms with E-state index in [1.165, 1.54) is 0 Å². The third-order valence-corrected chi connectivity index (χ3v) is 3.30. The lowest BCUT2D eigenvalue weighted by Crippen LogP contribution is -2.32. The summed E-state index contributed by atoms with van der Waals surface area (Å²) in [6, 6.07) is 11.0. The minimum Gasteiger partial charge on any atom is -0.469 e. The van der Waals surface area contributed by atoms with Gasteiger partial charge in [-0.3, -0.25) is 0 Å². The van der Waals surface area contributed by atoms with E-state index in [0.29, 0.717) is 5.75 Å². The SMILES string of the molecule is O=C(NC1CCCc2occc21)Oc1ccccc1. The lowest BCUT2D eigenvalue weighted by Gasteiger charge is -2.22. The van der Waals surface area contributed by atoms with E-state index in [-0.39, 0.29) is 6.04 Å². The molecule has 4 nitrogen and oxygen atoms in total. The van der Waals surface area contributed by atoms with E-state index in [4.69, 9.17) is 9.15 Å². The van der Waals surface area contributed by atoms with E-state index in [0.717, 1.165) is 30.6 Å². The van der Waals surface area contributed by atoms with Gasteiger partial charge in [-0.2, -0.15) is 0 Å². The number of benzene rings is 1. The lowest BCUT2D eigenvalue weighted by atomic mass is 9.94. The van der Waals surface area contributed by atoms with Gasteiger partial charge in [-0.05, 0) is 31.0 Å². The van der Waals surface area contributed by atoms with Crippen LogP contribution in [0.1, 0.15) is 30.2 Å². The topological polar surface area (TPSA) is 51.5 Å². The van der Waals surface area contributed by atoms with E-state index in [1.54, 1.807) is 18.4 Å². The van der Waals surface area contributed by atoms with Crippen LogP contribution in [0.5, 0.6) is 5.75 Å². The van der Waals surface area contributed by atoms with Gasteiger partial charge >= 0.3 is 6.09 Å². The molecule has 3 rings (SSSR count). The van der Waals surface area contributed by atoms with Crippen molar-refractivity contribution in [2.24, 2.45) is 0 Å². The first kappa shape index (κ1) is 11.8. The molecule has 1 atom stereocenters. The Balaban J connectivity index is 1.65. The van der Waals surface area contributed by atoms with Crippen LogP contribution in [0.2, 0.25) is 0 Å². The number of para-hydroxylation sites is 1. The summed E-state index contributed by atoms with van der Waals surface area (Å²) in [7, 11) is 0. The Labute approximate surface area is 111 Å². The smallest absolute Gasteiger partial charge is 0.413 e. The summed E-state index contributed by atoms with van der Waals surface area (Å²) in [6.45, 7) is 0. The van der Waals surface area contributed by atoms with Crippen molar-refractivity contribution >= 4 is 6.09 Å². The number of furan rings is 1. The minimum absolute atomic E-state index is 0.0151. The zero-order valence-corrected chi connectivity index (χ0v) is 10.5. The summed E-state index contributed by atoms with van der Waals surface area (Å²) < 4.78 is 10.6. The number of aryl methyl sites for hydroxylation is 1. The summed E-state index contributed by atoms with van der Waals surface area (Å²) in [6.07, 6.45) is 4.11. The second-order valence-corrected chi connectivity index (χ2v) is 4.59. The predicted octanol–water partition coefficient (Wildman–Crippen LogP) is 3.45. The summed E-state index contributed by atoms with van der Waals surface area (Å²) >= 11 is 0. The van der Waals surface area contributed by atoms with Crippen molar-refractivity contribution in [1.82, 2.24) is 5.32 Å². The van der Waals surface area contributed by atoms with Crippen LogP contribution in [0.25, 0.3) is 0 Å². The molecule has 1 aliphatic rings. The molecule has 2 aromatic rings. The Morgan fingerprint density at radius 3 is 2.95 bits per heavy atom. The molecule has 0 aliphatic heterocycles. The molecule has 1 aromatic heterocycles. The summed E-state index contributed by atoms with van der Waals surface area (Å²) in [5, 5.41) is 2.89. The van der Waals surface area contributed by atoms with Gasteiger partial charge in [-0.1, -0.05) is 18.2 Å². The first-order valence-corrected chi connectivity index (χ1v) is 6.42. The fourth-order valence-corrected chi connectivity index (χ4v) is 2.40. The second kappa shape index (κ2) is 5.18. The van der Waals surface area contributed by atoms with Crippen molar-refractivity contribution < 1.29 is 13.9 Å². The number of carbonyl (C=O) groups excluding carboxylic acids is 1. The van der Waals surface area contributed by atoms with E-state index < -0.39 is 6.09 Å². The molecule has 0 bridgehead atoms. The van der Waals surface area contributed by atoms with E-state index in [1.807, 2.05) is 24.3 Å². The second-order valence-electron chi connectivity index (χ2n) is 4.59. The number of nitrogens with one attached hydrogen (secondary N) is 1. The van der Waals surface area contributed by atoms with Crippen LogP contribution in [-0.4, -0.2) is 6.09 Å². The molecule has 0 saturated carbocycles. The number of hydrogen-bond donors (Lipinski definition) is 1. The van der Waals surface area contributed by atoms with Crippen molar-refractivity contribution in [1.29, 1.82) is 0 Å². The molecule has 0 fully saturated rings. The Kier molecular flexibility index (Phi) is 3.23. The molecule has 1 unspecified atom stereocenters. The van der Waals surface area contributed by atoms with Crippen LogP contribution in [0.15, 0.2) is 47.1 Å². The maximum Gasteiger partial charge on any atom is 0.413 e. The number of rotatable bonds is 2. The highest BCUT2D eigenvalue weighted by atomic mass is 16.6. The zero-order chi connectivity index (χ0) is 13.1. The largest absolute Gasteiger partial charge is 0.469 e. The third-order valence-electron chi connectivity index (χ3n) is 3.30. The van der Waals surface area contributed by atoms with E-state index in [2.05, 4.69) is 5.32 Å². The molecule has 0 spiro atoms. The van der Waals surface area contributed by atoms with Crippen molar-refractivity contribution in [2.45, 2.75) is 25.3 Å². The standard InChI is InChI=1S/C15H15NO3/c17-15(19-11-5-2-1-3-6-11)16-13-7-4-8-14-12(13)9-10-18-14/h1-3,5-6,9-10,13H,4,7-8H2,(H,16,17). The van der Waals surface area contributed by atoms with Gasteiger partial charge in [0.15, 0.2) is 0 Å². The van der Waals surface area contributed by atoms with Gasteiger partial charge in [0, 0.05) is 12.0 Å². The molecular weight excluding hydrogens is 242 g/mol. The van der Waals surface area contributed by atoms with Crippen molar-refractivity contribution in [3.63, 3.8) is 0 Å². The number of ether oxygens (including phenoxy) is 1. The van der Waals surface area contributed by atoms with Gasteiger partial charge in [0.05, 0.1) is 12.3 Å². The highest BCUT2D eigenvalue weighted by Crippen LogP contribution is 2.30. The van der Waals surface area contributed by atoms with Crippen molar-refractivity contribution in [2.75, 3.05) is 0 Å².